The van der Waals surface area contributed by atoms with Crippen LogP contribution >= 0.6 is 24.8 Å². The molecule has 0 aromatic carbocycles. The average Bonchev–Trinajstić information content (AvgIpc) is 3.05. The van der Waals surface area contributed by atoms with E-state index in [1.54, 1.807) is 0 Å². The molecule has 1 fully saturated rings. The van der Waals surface area contributed by atoms with Gasteiger partial charge in [0.1, 0.15) is 5.65 Å². The van der Waals surface area contributed by atoms with Crippen molar-refractivity contribution in [3.63, 3.8) is 0 Å². The molecule has 0 spiro atoms. The summed E-state index contributed by atoms with van der Waals surface area (Å²) >= 11 is 0. The van der Waals surface area contributed by atoms with Crippen molar-refractivity contribution in [2.75, 3.05) is 13.1 Å². The summed E-state index contributed by atoms with van der Waals surface area (Å²) in [5.74, 6) is 0.234. The van der Waals surface area contributed by atoms with Crippen LogP contribution in [-0.4, -0.2) is 28.4 Å². The van der Waals surface area contributed by atoms with Gasteiger partial charge < -0.3 is 15.0 Å². The van der Waals surface area contributed by atoms with Crippen LogP contribution < -0.4 is 10.6 Å². The smallest absolute Gasteiger partial charge is 0.224 e. The molecule has 0 radical (unpaired) electrons. The number of nitrogens with zero attached hydrogens (tertiary/aromatic N) is 2. The minimum atomic E-state index is 0. The lowest BCUT2D eigenvalue weighted by Crippen LogP contribution is -2.31. The number of carbonyl (C=O) groups is 1. The Morgan fingerprint density at radius 3 is 3.00 bits per heavy atom. The molecule has 1 unspecified atom stereocenters. The maximum Gasteiger partial charge on any atom is 0.224 e. The van der Waals surface area contributed by atoms with Crippen molar-refractivity contribution >= 4 is 36.4 Å². The van der Waals surface area contributed by atoms with E-state index in [-0.39, 0.29) is 36.6 Å². The predicted molar refractivity (Wildman–Crippen MR) is 87.2 cm³/mol. The lowest BCUT2D eigenvalue weighted by molar-refractivity contribution is -0.124. The third-order valence-corrected chi connectivity index (χ3v) is 3.60. The van der Waals surface area contributed by atoms with Gasteiger partial charge in [-0.25, -0.2) is 4.98 Å². The van der Waals surface area contributed by atoms with Gasteiger partial charge in [-0.15, -0.1) is 24.8 Å². The SMILES string of the molecule is Cc1cccn2cc(CNC(=O)C3CCNC3)nc12.Cl.Cl. The number of hydrogen-bond acceptors (Lipinski definition) is 3. The summed E-state index contributed by atoms with van der Waals surface area (Å²) in [6.07, 6.45) is 4.87. The molecular weight excluding hydrogens is 311 g/mol. The Kier molecular flexibility index (Phi) is 6.45. The van der Waals surface area contributed by atoms with Gasteiger partial charge in [0.15, 0.2) is 0 Å². The normalized spacial score (nSPS) is 17.1. The number of aryl methyl sites for hydroxylation is 1. The van der Waals surface area contributed by atoms with Crippen LogP contribution in [0.2, 0.25) is 0 Å². The zero-order valence-corrected chi connectivity index (χ0v) is 13.5. The Morgan fingerprint density at radius 2 is 2.33 bits per heavy atom. The van der Waals surface area contributed by atoms with Crippen LogP contribution in [-0.2, 0) is 11.3 Å². The second kappa shape index (κ2) is 7.64. The van der Waals surface area contributed by atoms with Crippen LogP contribution in [0.25, 0.3) is 5.65 Å². The van der Waals surface area contributed by atoms with Crippen LogP contribution in [0, 0.1) is 12.8 Å². The van der Waals surface area contributed by atoms with E-state index < -0.39 is 0 Å². The van der Waals surface area contributed by atoms with E-state index in [1.807, 2.05) is 35.9 Å². The van der Waals surface area contributed by atoms with Gasteiger partial charge in [-0.2, -0.15) is 0 Å². The number of pyridine rings is 1. The first-order chi connectivity index (χ1) is 9.24. The van der Waals surface area contributed by atoms with E-state index >= 15 is 0 Å². The van der Waals surface area contributed by atoms with Crippen LogP contribution in [0.15, 0.2) is 24.5 Å². The molecule has 7 heteroatoms. The van der Waals surface area contributed by atoms with Crippen LogP contribution in [0.5, 0.6) is 0 Å². The molecule has 2 aromatic rings. The molecule has 2 N–H and O–H groups in total. The summed E-state index contributed by atoms with van der Waals surface area (Å²) in [7, 11) is 0. The maximum absolute atomic E-state index is 11.9. The molecule has 1 atom stereocenters. The Hall–Kier alpha value is -1.30. The highest BCUT2D eigenvalue weighted by atomic mass is 35.5. The Bertz CT molecular complexity index is 608. The Balaban J connectivity index is 0.00000110. The molecule has 1 saturated heterocycles. The molecule has 0 saturated carbocycles. The molecule has 21 heavy (non-hydrogen) atoms. The molecule has 116 valence electrons. The zero-order valence-electron chi connectivity index (χ0n) is 11.8. The highest BCUT2D eigenvalue weighted by molar-refractivity contribution is 5.85. The number of imidazole rings is 1. The second-order valence-corrected chi connectivity index (χ2v) is 5.06. The van der Waals surface area contributed by atoms with Gasteiger partial charge in [0.25, 0.3) is 0 Å². The minimum absolute atomic E-state index is 0. The van der Waals surface area contributed by atoms with Crippen molar-refractivity contribution in [3.8, 4) is 0 Å². The summed E-state index contributed by atoms with van der Waals surface area (Å²) in [4.78, 5) is 16.5. The van der Waals surface area contributed by atoms with Gasteiger partial charge >= 0.3 is 0 Å². The van der Waals surface area contributed by atoms with Crippen LogP contribution in [0.1, 0.15) is 17.7 Å². The largest absolute Gasteiger partial charge is 0.350 e. The van der Waals surface area contributed by atoms with Gasteiger partial charge in [-0.05, 0) is 31.5 Å². The number of aromatic nitrogens is 2. The van der Waals surface area contributed by atoms with Crippen molar-refractivity contribution < 1.29 is 4.79 Å². The lowest BCUT2D eigenvalue weighted by atomic mass is 10.1. The fourth-order valence-electron chi connectivity index (χ4n) is 2.49. The van der Waals surface area contributed by atoms with Gasteiger partial charge in [0.05, 0.1) is 18.2 Å². The second-order valence-electron chi connectivity index (χ2n) is 5.06. The Morgan fingerprint density at radius 1 is 1.52 bits per heavy atom. The number of halogens is 2. The summed E-state index contributed by atoms with van der Waals surface area (Å²) in [5.41, 5.74) is 2.99. The number of fused-ring (bicyclic) bond motifs is 1. The van der Waals surface area contributed by atoms with Crippen molar-refractivity contribution in [2.45, 2.75) is 19.9 Å². The van der Waals surface area contributed by atoms with Crippen molar-refractivity contribution in [1.29, 1.82) is 0 Å². The van der Waals surface area contributed by atoms with Gasteiger partial charge in [-0.3, -0.25) is 4.79 Å². The molecule has 0 aliphatic carbocycles. The van der Waals surface area contributed by atoms with E-state index in [0.29, 0.717) is 6.54 Å². The van der Waals surface area contributed by atoms with E-state index in [0.717, 1.165) is 36.4 Å². The van der Waals surface area contributed by atoms with Gasteiger partial charge in [0, 0.05) is 18.9 Å². The standard InChI is InChI=1S/C14H18N4O.2ClH/c1-10-3-2-6-18-9-12(17-13(10)18)8-16-14(19)11-4-5-15-7-11;;/h2-3,6,9,11,15H,4-5,7-8H2,1H3,(H,16,19);2*1H. The van der Waals surface area contributed by atoms with Crippen molar-refractivity contribution in [1.82, 2.24) is 20.0 Å². The average molecular weight is 331 g/mol. The third-order valence-electron chi connectivity index (χ3n) is 3.60. The van der Waals surface area contributed by atoms with Gasteiger partial charge in [0.2, 0.25) is 5.91 Å². The molecule has 2 aromatic heterocycles. The molecule has 5 nitrogen and oxygen atoms in total. The van der Waals surface area contributed by atoms with E-state index in [1.165, 1.54) is 0 Å². The molecule has 0 bridgehead atoms. The van der Waals surface area contributed by atoms with Crippen molar-refractivity contribution in [3.05, 3.63) is 35.8 Å². The van der Waals surface area contributed by atoms with Crippen LogP contribution in [0.3, 0.4) is 0 Å². The molecular formula is C14H20Cl2N4O. The van der Waals surface area contributed by atoms with Gasteiger partial charge in [-0.1, -0.05) is 6.07 Å². The first kappa shape index (κ1) is 17.8. The highest BCUT2D eigenvalue weighted by Crippen LogP contribution is 2.11. The summed E-state index contributed by atoms with van der Waals surface area (Å²) in [6.45, 7) is 4.26. The monoisotopic (exact) mass is 330 g/mol. The van der Waals surface area contributed by atoms with E-state index in [4.69, 9.17) is 0 Å². The summed E-state index contributed by atoms with van der Waals surface area (Å²) < 4.78 is 1.99. The molecule has 1 aliphatic rings. The first-order valence-electron chi connectivity index (χ1n) is 6.65. The fraction of sp³-hybridized carbons (Fsp3) is 0.429. The summed E-state index contributed by atoms with van der Waals surface area (Å²) in [6, 6.07) is 4.03. The quantitative estimate of drug-likeness (QED) is 0.900. The number of amides is 1. The number of carbonyl (C=O) groups excluding carboxylic acids is 1. The minimum Gasteiger partial charge on any atom is -0.350 e. The Labute approximate surface area is 136 Å². The van der Waals surface area contributed by atoms with E-state index in [9.17, 15) is 4.79 Å². The predicted octanol–water partition coefficient (Wildman–Crippen LogP) is 1.71. The molecule has 3 heterocycles. The summed E-state index contributed by atoms with van der Waals surface area (Å²) in [5, 5.41) is 6.17. The molecule has 1 aliphatic heterocycles. The first-order valence-corrected chi connectivity index (χ1v) is 6.65. The van der Waals surface area contributed by atoms with E-state index in [2.05, 4.69) is 15.6 Å². The fourth-order valence-corrected chi connectivity index (χ4v) is 2.49. The lowest BCUT2D eigenvalue weighted by Gasteiger charge is -2.08. The number of rotatable bonds is 3. The van der Waals surface area contributed by atoms with Crippen LogP contribution in [0.4, 0.5) is 0 Å². The number of nitrogens with one attached hydrogen (secondary N) is 2. The van der Waals surface area contributed by atoms with Crippen molar-refractivity contribution in [2.24, 2.45) is 5.92 Å². The maximum atomic E-state index is 11.9. The molecule has 1 amide bonds. The zero-order chi connectivity index (χ0) is 13.2. The number of hydrogen-bond donors (Lipinski definition) is 2. The topological polar surface area (TPSA) is 58.4 Å². The highest BCUT2D eigenvalue weighted by Gasteiger charge is 2.22. The third kappa shape index (κ3) is 3.87. The molecule has 3 rings (SSSR count).